The zero-order valence-corrected chi connectivity index (χ0v) is 14.0. The average molecular weight is 306 g/mol. The fourth-order valence-electron chi connectivity index (χ4n) is 3.64. The van der Waals surface area contributed by atoms with E-state index in [2.05, 4.69) is 36.8 Å². The number of aromatic nitrogens is 2. The van der Waals surface area contributed by atoms with E-state index in [9.17, 15) is 0 Å². The van der Waals surface area contributed by atoms with Gasteiger partial charge in [0.1, 0.15) is 11.3 Å². The first-order valence-electron chi connectivity index (χ1n) is 8.51. The Kier molecular flexibility index (Phi) is 3.44. The molecule has 3 heterocycles. The molecule has 0 atom stereocenters. The summed E-state index contributed by atoms with van der Waals surface area (Å²) >= 11 is 0. The van der Waals surface area contributed by atoms with E-state index in [-0.39, 0.29) is 0 Å². The van der Waals surface area contributed by atoms with Crippen molar-refractivity contribution in [3.63, 3.8) is 0 Å². The van der Waals surface area contributed by atoms with Crippen LogP contribution in [0.4, 0.5) is 0 Å². The second-order valence-electron chi connectivity index (χ2n) is 6.83. The second-order valence-corrected chi connectivity index (χ2v) is 6.83. The molecule has 1 aliphatic carbocycles. The van der Waals surface area contributed by atoms with Crippen LogP contribution in [0.15, 0.2) is 28.9 Å². The highest BCUT2D eigenvalue weighted by Crippen LogP contribution is 2.36. The van der Waals surface area contributed by atoms with Gasteiger partial charge in [0.2, 0.25) is 0 Å². The van der Waals surface area contributed by atoms with Crippen LogP contribution in [-0.2, 0) is 12.8 Å². The molecule has 1 aliphatic rings. The number of aryl methyl sites for hydroxylation is 3. The Balaban J connectivity index is 1.92. The Hall–Kier alpha value is -2.16. The third-order valence-electron chi connectivity index (χ3n) is 4.88. The SMILES string of the molecule is Cc1cnc(-c2ccnc3c4c(oc23)CCCC4)cc1C(C)C. The summed E-state index contributed by atoms with van der Waals surface area (Å²) in [6.45, 7) is 6.57. The van der Waals surface area contributed by atoms with Crippen molar-refractivity contribution in [1.82, 2.24) is 9.97 Å². The van der Waals surface area contributed by atoms with Crippen molar-refractivity contribution in [2.45, 2.75) is 52.4 Å². The second kappa shape index (κ2) is 5.48. The van der Waals surface area contributed by atoms with Crippen molar-refractivity contribution in [1.29, 1.82) is 0 Å². The minimum atomic E-state index is 0.485. The summed E-state index contributed by atoms with van der Waals surface area (Å²) < 4.78 is 6.20. The van der Waals surface area contributed by atoms with E-state index >= 15 is 0 Å². The van der Waals surface area contributed by atoms with E-state index in [0.29, 0.717) is 5.92 Å². The van der Waals surface area contributed by atoms with Gasteiger partial charge in [0.25, 0.3) is 0 Å². The molecule has 0 aromatic carbocycles. The predicted octanol–water partition coefficient (Wildman–Crippen LogP) is 5.20. The number of pyridine rings is 2. The Labute approximate surface area is 136 Å². The van der Waals surface area contributed by atoms with Crippen LogP contribution < -0.4 is 0 Å². The fourth-order valence-corrected chi connectivity index (χ4v) is 3.64. The van der Waals surface area contributed by atoms with Crippen LogP contribution >= 0.6 is 0 Å². The quantitative estimate of drug-likeness (QED) is 0.653. The summed E-state index contributed by atoms with van der Waals surface area (Å²) in [4.78, 5) is 9.25. The molecule has 4 rings (SSSR count). The molecule has 0 saturated heterocycles. The minimum Gasteiger partial charge on any atom is -0.458 e. The molecular weight excluding hydrogens is 284 g/mol. The fraction of sp³-hybridized carbons (Fsp3) is 0.400. The maximum absolute atomic E-state index is 6.20. The van der Waals surface area contributed by atoms with Gasteiger partial charge in [0.15, 0.2) is 5.58 Å². The topological polar surface area (TPSA) is 38.9 Å². The first-order valence-corrected chi connectivity index (χ1v) is 8.51. The molecule has 3 aromatic heterocycles. The monoisotopic (exact) mass is 306 g/mol. The molecule has 3 nitrogen and oxygen atoms in total. The highest BCUT2D eigenvalue weighted by molar-refractivity contribution is 5.91. The van der Waals surface area contributed by atoms with Crippen LogP contribution in [0.1, 0.15) is 55.1 Å². The van der Waals surface area contributed by atoms with Crippen molar-refractivity contribution < 1.29 is 4.42 Å². The number of fused-ring (bicyclic) bond motifs is 3. The number of nitrogens with zero attached hydrogens (tertiary/aromatic N) is 2. The first-order chi connectivity index (χ1) is 11.1. The van der Waals surface area contributed by atoms with E-state index in [1.54, 1.807) is 0 Å². The van der Waals surface area contributed by atoms with Gasteiger partial charge in [0, 0.05) is 29.9 Å². The van der Waals surface area contributed by atoms with Gasteiger partial charge in [-0.1, -0.05) is 13.8 Å². The lowest BCUT2D eigenvalue weighted by Crippen LogP contribution is -1.99. The Morgan fingerprint density at radius 2 is 1.96 bits per heavy atom. The standard InChI is InChI=1S/C20H22N2O/c1-12(2)16-10-17(22-11-13(16)3)14-8-9-21-19-15-6-4-5-7-18(15)23-20(14)19/h8-12H,4-7H2,1-3H3. The molecule has 0 amide bonds. The minimum absolute atomic E-state index is 0.485. The van der Waals surface area contributed by atoms with Crippen LogP contribution in [0.5, 0.6) is 0 Å². The lowest BCUT2D eigenvalue weighted by atomic mass is 9.96. The summed E-state index contributed by atoms with van der Waals surface area (Å²) in [6, 6.07) is 4.23. The van der Waals surface area contributed by atoms with Crippen LogP contribution in [0.25, 0.3) is 22.4 Å². The predicted molar refractivity (Wildman–Crippen MR) is 92.7 cm³/mol. The third kappa shape index (κ3) is 2.35. The van der Waals surface area contributed by atoms with Gasteiger partial charge in [-0.05, 0) is 55.4 Å². The van der Waals surface area contributed by atoms with Gasteiger partial charge in [-0.15, -0.1) is 0 Å². The summed E-state index contributed by atoms with van der Waals surface area (Å²) in [5.74, 6) is 1.61. The smallest absolute Gasteiger partial charge is 0.162 e. The maximum Gasteiger partial charge on any atom is 0.162 e. The van der Waals surface area contributed by atoms with Crippen molar-refractivity contribution in [2.75, 3.05) is 0 Å². The van der Waals surface area contributed by atoms with Gasteiger partial charge < -0.3 is 4.42 Å². The van der Waals surface area contributed by atoms with Crippen molar-refractivity contribution >= 4 is 11.1 Å². The zero-order valence-electron chi connectivity index (χ0n) is 14.0. The van der Waals surface area contributed by atoms with E-state index in [1.807, 2.05) is 18.5 Å². The molecule has 0 N–H and O–H groups in total. The molecule has 0 fully saturated rings. The Bertz CT molecular complexity index is 877. The van der Waals surface area contributed by atoms with Crippen LogP contribution in [0.2, 0.25) is 0 Å². The molecule has 0 bridgehead atoms. The highest BCUT2D eigenvalue weighted by atomic mass is 16.3. The molecule has 23 heavy (non-hydrogen) atoms. The highest BCUT2D eigenvalue weighted by Gasteiger charge is 2.21. The number of hydrogen-bond donors (Lipinski definition) is 0. The molecule has 0 saturated carbocycles. The zero-order chi connectivity index (χ0) is 16.0. The molecule has 118 valence electrons. The first kappa shape index (κ1) is 14.4. The molecular formula is C20H22N2O. The van der Waals surface area contributed by atoms with Gasteiger partial charge in [-0.2, -0.15) is 0 Å². The van der Waals surface area contributed by atoms with E-state index in [0.717, 1.165) is 41.0 Å². The Morgan fingerprint density at radius 3 is 2.78 bits per heavy atom. The third-order valence-corrected chi connectivity index (χ3v) is 4.88. The molecule has 0 unspecified atom stereocenters. The lowest BCUT2D eigenvalue weighted by molar-refractivity contribution is 0.506. The summed E-state index contributed by atoms with van der Waals surface area (Å²) in [6.07, 6.45) is 8.41. The molecule has 0 aliphatic heterocycles. The number of hydrogen-bond acceptors (Lipinski definition) is 3. The van der Waals surface area contributed by atoms with Gasteiger partial charge in [-0.25, -0.2) is 0 Å². The van der Waals surface area contributed by atoms with Crippen LogP contribution in [0.3, 0.4) is 0 Å². The number of rotatable bonds is 2. The van der Waals surface area contributed by atoms with E-state index < -0.39 is 0 Å². The molecule has 3 aromatic rings. The largest absolute Gasteiger partial charge is 0.458 e. The number of furan rings is 1. The van der Waals surface area contributed by atoms with Gasteiger partial charge >= 0.3 is 0 Å². The average Bonchev–Trinajstić information content (AvgIpc) is 2.94. The summed E-state index contributed by atoms with van der Waals surface area (Å²) in [5.41, 5.74) is 7.88. The van der Waals surface area contributed by atoms with E-state index in [1.165, 1.54) is 29.5 Å². The van der Waals surface area contributed by atoms with E-state index in [4.69, 9.17) is 4.42 Å². The Morgan fingerprint density at radius 1 is 1.13 bits per heavy atom. The molecule has 0 spiro atoms. The van der Waals surface area contributed by atoms with Crippen molar-refractivity contribution in [2.24, 2.45) is 0 Å². The summed E-state index contributed by atoms with van der Waals surface area (Å²) in [5, 5.41) is 0. The van der Waals surface area contributed by atoms with Crippen molar-refractivity contribution in [3.05, 3.63) is 47.0 Å². The lowest BCUT2D eigenvalue weighted by Gasteiger charge is -2.11. The van der Waals surface area contributed by atoms with Crippen molar-refractivity contribution in [3.8, 4) is 11.3 Å². The maximum atomic E-state index is 6.20. The van der Waals surface area contributed by atoms with Gasteiger partial charge in [0.05, 0.1) is 5.69 Å². The van der Waals surface area contributed by atoms with Crippen LogP contribution in [-0.4, -0.2) is 9.97 Å². The molecule has 3 heteroatoms. The normalized spacial score (nSPS) is 14.4. The summed E-state index contributed by atoms with van der Waals surface area (Å²) in [7, 11) is 0. The van der Waals surface area contributed by atoms with Crippen LogP contribution in [0, 0.1) is 6.92 Å². The van der Waals surface area contributed by atoms with Gasteiger partial charge in [-0.3, -0.25) is 9.97 Å². The molecule has 0 radical (unpaired) electrons.